The molecule has 0 N–H and O–H groups in total. The number of alkyl halides is 2. The van der Waals surface area contributed by atoms with E-state index < -0.39 is 11.9 Å². The van der Waals surface area contributed by atoms with Gasteiger partial charge in [0.1, 0.15) is 46.3 Å². The van der Waals surface area contributed by atoms with Crippen LogP contribution < -0.4 is 24.0 Å². The highest BCUT2D eigenvalue weighted by atomic mass is 35.5. The van der Waals surface area contributed by atoms with E-state index in [1.165, 1.54) is 12.2 Å². The first-order valence-electron chi connectivity index (χ1n) is 16.6. The Kier molecular flexibility index (Phi) is 14.7. The van der Waals surface area contributed by atoms with Gasteiger partial charge in [-0.1, -0.05) is 18.2 Å². The fourth-order valence-electron chi connectivity index (χ4n) is 5.17. The quantitative estimate of drug-likeness (QED) is 0.0365. The van der Waals surface area contributed by atoms with Crippen LogP contribution in [-0.2, 0) is 9.59 Å². The van der Waals surface area contributed by atoms with E-state index in [9.17, 15) is 20.1 Å². The Morgan fingerprint density at radius 3 is 1.56 bits per heavy atom. The summed E-state index contributed by atoms with van der Waals surface area (Å²) in [6, 6.07) is 29.8. The lowest BCUT2D eigenvalue weighted by molar-refractivity contribution is -0.130. The number of benzene rings is 4. The number of rotatable bonds is 16. The van der Waals surface area contributed by atoms with Gasteiger partial charge in [-0.3, -0.25) is 0 Å². The highest BCUT2D eigenvalue weighted by Crippen LogP contribution is 2.27. The molecule has 0 aliphatic heterocycles. The number of aryl methyl sites for hydroxylation is 1. The summed E-state index contributed by atoms with van der Waals surface area (Å²) in [5.41, 5.74) is 4.08. The molecule has 0 fully saturated rings. The summed E-state index contributed by atoms with van der Waals surface area (Å²) >= 11 is 11.8. The number of ether oxygens (including phenoxy) is 3. The Bertz CT molecular complexity index is 1970. The lowest BCUT2D eigenvalue weighted by atomic mass is 10.0. The molecule has 52 heavy (non-hydrogen) atoms. The molecule has 9 nitrogen and oxygen atoms in total. The third-order valence-electron chi connectivity index (χ3n) is 7.94. The van der Waals surface area contributed by atoms with Crippen LogP contribution in [0.15, 0.2) is 102 Å². The van der Waals surface area contributed by atoms with Crippen molar-refractivity contribution in [3.05, 3.63) is 119 Å². The van der Waals surface area contributed by atoms with Crippen LogP contribution in [0.1, 0.15) is 30.5 Å². The number of esters is 2. The van der Waals surface area contributed by atoms with E-state index in [0.29, 0.717) is 41.9 Å². The van der Waals surface area contributed by atoms with E-state index in [2.05, 4.69) is 18.7 Å². The molecule has 0 aromatic heterocycles. The first-order valence-corrected chi connectivity index (χ1v) is 17.7. The number of nitrogens with zero attached hydrogens (tertiary/aromatic N) is 4. The molecule has 4 aromatic carbocycles. The minimum absolute atomic E-state index is 0.125. The number of halogens is 2. The van der Waals surface area contributed by atoms with E-state index in [4.69, 9.17) is 37.4 Å². The molecule has 0 spiro atoms. The van der Waals surface area contributed by atoms with Gasteiger partial charge in [0.05, 0.1) is 0 Å². The van der Waals surface area contributed by atoms with E-state index in [1.807, 2.05) is 54.3 Å². The van der Waals surface area contributed by atoms with Gasteiger partial charge in [0.25, 0.3) is 0 Å². The standard InChI is InChI=1S/C41H38Cl2N4O5/c1-4-46(5-2)35-11-8-31(29(3)24-35)26-33(28-45)41(49)52-39-18-14-37(15-19-39)50-36-12-16-38(17-13-36)51-40(48)32(27-44)25-30-6-9-34(10-7-30)47(22-20-42)23-21-43/h6-19,24-26H,4-5,20-23H2,1-3H3. The Labute approximate surface area is 314 Å². The van der Waals surface area contributed by atoms with Gasteiger partial charge in [0.2, 0.25) is 0 Å². The molecule has 11 heteroatoms. The van der Waals surface area contributed by atoms with Gasteiger partial charge in [0.15, 0.2) is 0 Å². The van der Waals surface area contributed by atoms with E-state index in [0.717, 1.165) is 35.6 Å². The zero-order chi connectivity index (χ0) is 37.5. The molecule has 0 heterocycles. The second-order valence-corrected chi connectivity index (χ2v) is 12.1. The molecule has 0 saturated heterocycles. The fourth-order valence-corrected chi connectivity index (χ4v) is 5.58. The lowest BCUT2D eigenvalue weighted by Crippen LogP contribution is -2.27. The minimum atomic E-state index is -0.797. The Morgan fingerprint density at radius 1 is 0.654 bits per heavy atom. The molecular weight excluding hydrogens is 699 g/mol. The number of hydrogen-bond donors (Lipinski definition) is 0. The summed E-state index contributed by atoms with van der Waals surface area (Å²) in [4.78, 5) is 29.8. The maximum Gasteiger partial charge on any atom is 0.354 e. The predicted molar refractivity (Wildman–Crippen MR) is 206 cm³/mol. The average Bonchev–Trinajstić information content (AvgIpc) is 3.15. The topological polar surface area (TPSA) is 116 Å². The number of carbonyl (C=O) groups excluding carboxylic acids is 2. The molecule has 0 bridgehead atoms. The molecular formula is C41H38Cl2N4O5. The van der Waals surface area contributed by atoms with E-state index >= 15 is 0 Å². The van der Waals surface area contributed by atoms with E-state index in [1.54, 1.807) is 60.7 Å². The molecule has 0 atom stereocenters. The van der Waals surface area contributed by atoms with Crippen LogP contribution in [-0.4, -0.2) is 49.9 Å². The van der Waals surface area contributed by atoms with Crippen LogP contribution in [0.3, 0.4) is 0 Å². The predicted octanol–water partition coefficient (Wildman–Crippen LogP) is 8.94. The molecule has 266 valence electrons. The largest absolute Gasteiger partial charge is 0.457 e. The zero-order valence-electron chi connectivity index (χ0n) is 29.1. The van der Waals surface area contributed by atoms with Crippen molar-refractivity contribution in [3.8, 4) is 35.1 Å². The summed E-state index contributed by atoms with van der Waals surface area (Å²) in [6.45, 7) is 9.15. The molecule has 4 aromatic rings. The fraction of sp³-hybridized carbons (Fsp3) is 0.220. The van der Waals surface area contributed by atoms with Crippen LogP contribution in [0.5, 0.6) is 23.0 Å². The number of hydrogen-bond acceptors (Lipinski definition) is 9. The maximum absolute atomic E-state index is 12.8. The van der Waals surface area contributed by atoms with Gasteiger partial charge >= 0.3 is 11.9 Å². The summed E-state index contributed by atoms with van der Waals surface area (Å²) in [7, 11) is 0. The van der Waals surface area contributed by atoms with Crippen LogP contribution in [0.4, 0.5) is 11.4 Å². The summed E-state index contributed by atoms with van der Waals surface area (Å²) in [6.07, 6.45) is 2.99. The molecule has 0 radical (unpaired) electrons. The van der Waals surface area contributed by atoms with Gasteiger partial charge < -0.3 is 24.0 Å². The van der Waals surface area contributed by atoms with Crippen molar-refractivity contribution in [3.63, 3.8) is 0 Å². The van der Waals surface area contributed by atoms with Gasteiger partial charge in [0, 0.05) is 49.3 Å². The Balaban J connectivity index is 1.33. The average molecular weight is 738 g/mol. The smallest absolute Gasteiger partial charge is 0.354 e. The normalized spacial score (nSPS) is 11.2. The van der Waals surface area contributed by atoms with Gasteiger partial charge in [-0.15, -0.1) is 23.2 Å². The van der Waals surface area contributed by atoms with Gasteiger partial charge in [-0.25, -0.2) is 9.59 Å². The summed E-state index contributed by atoms with van der Waals surface area (Å²) < 4.78 is 16.7. The number of anilines is 2. The Morgan fingerprint density at radius 2 is 1.12 bits per heavy atom. The van der Waals surface area contributed by atoms with Crippen molar-refractivity contribution < 1.29 is 23.8 Å². The number of carbonyl (C=O) groups is 2. The second kappa shape index (κ2) is 19.6. The highest BCUT2D eigenvalue weighted by molar-refractivity contribution is 6.18. The van der Waals surface area contributed by atoms with Gasteiger partial charge in [-0.05, 0) is 122 Å². The maximum atomic E-state index is 12.8. The SMILES string of the molecule is CCN(CC)c1ccc(C=C(C#N)C(=O)Oc2ccc(Oc3ccc(OC(=O)C(C#N)=Cc4ccc(N(CCCl)CCCl)cc4)cc3)cc2)c(C)c1. The molecule has 0 amide bonds. The van der Waals surface area contributed by atoms with Crippen molar-refractivity contribution in [1.82, 2.24) is 0 Å². The second-order valence-electron chi connectivity index (χ2n) is 11.3. The molecule has 0 saturated carbocycles. The van der Waals surface area contributed by atoms with E-state index in [-0.39, 0.29) is 22.6 Å². The molecule has 0 unspecified atom stereocenters. The third kappa shape index (κ3) is 10.9. The zero-order valence-corrected chi connectivity index (χ0v) is 30.7. The first-order chi connectivity index (χ1) is 25.2. The van der Waals surface area contributed by atoms with Crippen molar-refractivity contribution in [2.45, 2.75) is 20.8 Å². The third-order valence-corrected chi connectivity index (χ3v) is 8.28. The van der Waals surface area contributed by atoms with Gasteiger partial charge in [-0.2, -0.15) is 10.5 Å². The monoisotopic (exact) mass is 736 g/mol. The van der Waals surface area contributed by atoms with Crippen molar-refractivity contribution in [2.75, 3.05) is 47.7 Å². The highest BCUT2D eigenvalue weighted by Gasteiger charge is 2.15. The Hall–Kier alpha value is -5.74. The summed E-state index contributed by atoms with van der Waals surface area (Å²) in [5.74, 6) is 0.730. The lowest BCUT2D eigenvalue weighted by Gasteiger charge is -2.22. The van der Waals surface area contributed by atoms with Crippen molar-refractivity contribution in [1.29, 1.82) is 10.5 Å². The first kappa shape index (κ1) is 39.1. The van der Waals surface area contributed by atoms with Crippen molar-refractivity contribution >= 4 is 58.7 Å². The van der Waals surface area contributed by atoms with Crippen LogP contribution in [0.2, 0.25) is 0 Å². The molecule has 4 rings (SSSR count). The van der Waals surface area contributed by atoms with Crippen LogP contribution >= 0.6 is 23.2 Å². The molecule has 0 aliphatic carbocycles. The minimum Gasteiger partial charge on any atom is -0.457 e. The van der Waals surface area contributed by atoms with Crippen LogP contribution in [0, 0.1) is 29.6 Å². The summed E-state index contributed by atoms with van der Waals surface area (Å²) in [5, 5.41) is 19.3. The van der Waals surface area contributed by atoms with Crippen molar-refractivity contribution in [2.24, 2.45) is 0 Å². The molecule has 0 aliphatic rings. The number of nitriles is 2. The van der Waals surface area contributed by atoms with Crippen LogP contribution in [0.25, 0.3) is 12.2 Å².